The van der Waals surface area contributed by atoms with Crippen LogP contribution in [0.25, 0.3) is 11.0 Å². The monoisotopic (exact) mass is 709 g/mol. The van der Waals surface area contributed by atoms with E-state index in [0.717, 1.165) is 18.8 Å². The SMILES string of the molecule is C#CCOCCOCCOCCOCCOc1ccc(C2CN(c3nc(Cl)nc4c3cnn4C3OC(COCP(O)O)CC3O)C2)cc1. The van der Waals surface area contributed by atoms with Crippen LogP contribution in [0.1, 0.15) is 24.1 Å². The minimum absolute atomic E-state index is 0.0661. The molecule has 262 valence electrons. The summed E-state index contributed by atoms with van der Waals surface area (Å²) in [7, 11) is -2.16. The van der Waals surface area contributed by atoms with Crippen LogP contribution in [0.4, 0.5) is 5.82 Å². The molecule has 2 aromatic heterocycles. The van der Waals surface area contributed by atoms with Gasteiger partial charge in [0.1, 0.15) is 37.2 Å². The van der Waals surface area contributed by atoms with Gasteiger partial charge >= 0.3 is 0 Å². The van der Waals surface area contributed by atoms with Crippen molar-refractivity contribution in [2.45, 2.75) is 30.8 Å². The van der Waals surface area contributed by atoms with Crippen molar-refractivity contribution in [2.75, 3.05) is 90.4 Å². The standard InChI is InChI=1S/C31H41ClN5O10P/c1-2-7-41-8-9-42-10-11-43-12-13-44-14-15-46-24-5-3-22(4-6-24)23-18-36(19-23)28-26-17-33-37(29(26)35-31(32)34-28)30-27(38)16-25(47-30)20-45-21-48(39)40/h1,3-6,17,23,25,27,30,38-40H,7-16,18-21H2. The maximum absolute atomic E-state index is 10.7. The van der Waals surface area contributed by atoms with Crippen molar-refractivity contribution in [1.29, 1.82) is 0 Å². The number of benzene rings is 1. The van der Waals surface area contributed by atoms with E-state index in [0.29, 0.717) is 88.7 Å². The second-order valence-corrected chi connectivity index (χ2v) is 12.4. The third-order valence-electron chi connectivity index (χ3n) is 7.65. The number of terminal acetylenes is 1. The normalized spacial score (nSPS) is 19.7. The van der Waals surface area contributed by atoms with Gasteiger partial charge in [0.2, 0.25) is 5.28 Å². The molecule has 0 spiro atoms. The van der Waals surface area contributed by atoms with Crippen LogP contribution < -0.4 is 9.64 Å². The van der Waals surface area contributed by atoms with Crippen molar-refractivity contribution in [3.05, 3.63) is 41.3 Å². The highest BCUT2D eigenvalue weighted by Crippen LogP contribution is 2.37. The molecule has 3 N–H and O–H groups in total. The second-order valence-electron chi connectivity index (χ2n) is 11.1. The highest BCUT2D eigenvalue weighted by atomic mass is 35.5. The molecule has 3 aromatic rings. The van der Waals surface area contributed by atoms with E-state index in [-0.39, 0.29) is 18.2 Å². The first kappa shape index (κ1) is 36.6. The molecule has 5 rings (SSSR count). The zero-order valence-corrected chi connectivity index (χ0v) is 28.1. The van der Waals surface area contributed by atoms with Gasteiger partial charge in [-0.15, -0.1) is 6.42 Å². The Hall–Kier alpha value is -2.71. The van der Waals surface area contributed by atoms with E-state index in [1.54, 1.807) is 6.20 Å². The lowest BCUT2D eigenvalue weighted by molar-refractivity contribution is -0.0619. The second kappa shape index (κ2) is 18.9. The average molecular weight is 710 g/mol. The molecule has 1 aromatic carbocycles. The summed E-state index contributed by atoms with van der Waals surface area (Å²) < 4.78 is 40.1. The van der Waals surface area contributed by atoms with E-state index >= 15 is 0 Å². The van der Waals surface area contributed by atoms with E-state index in [9.17, 15) is 5.11 Å². The maximum Gasteiger partial charge on any atom is 0.226 e. The van der Waals surface area contributed by atoms with Crippen molar-refractivity contribution < 1.29 is 48.1 Å². The lowest BCUT2D eigenvalue weighted by Gasteiger charge is -2.40. The fourth-order valence-electron chi connectivity index (χ4n) is 5.34. The molecule has 0 aliphatic carbocycles. The number of nitrogens with zero attached hydrogens (tertiary/aromatic N) is 5. The molecule has 48 heavy (non-hydrogen) atoms. The molecule has 0 saturated carbocycles. The number of rotatable bonds is 21. The zero-order chi connectivity index (χ0) is 33.7. The largest absolute Gasteiger partial charge is 0.491 e. The van der Waals surface area contributed by atoms with E-state index < -0.39 is 26.8 Å². The first-order valence-electron chi connectivity index (χ1n) is 15.6. The first-order valence-corrected chi connectivity index (χ1v) is 17.4. The summed E-state index contributed by atoms with van der Waals surface area (Å²) >= 11 is 6.34. The van der Waals surface area contributed by atoms with Crippen molar-refractivity contribution in [2.24, 2.45) is 0 Å². The van der Waals surface area contributed by atoms with Crippen molar-refractivity contribution in [3.8, 4) is 18.1 Å². The number of anilines is 1. The number of hydrogen-bond acceptors (Lipinski definition) is 14. The van der Waals surface area contributed by atoms with E-state index in [2.05, 4.69) is 38.0 Å². The number of halogens is 1. The molecule has 2 aliphatic heterocycles. The Kier molecular flexibility index (Phi) is 14.4. The highest BCUT2D eigenvalue weighted by Gasteiger charge is 2.38. The molecule has 0 amide bonds. The molecule has 0 radical (unpaired) electrons. The van der Waals surface area contributed by atoms with Gasteiger partial charge < -0.3 is 53.0 Å². The van der Waals surface area contributed by atoms with Gasteiger partial charge in [-0.1, -0.05) is 18.1 Å². The fraction of sp³-hybridized carbons (Fsp3) is 0.581. The van der Waals surface area contributed by atoms with Crippen LogP contribution in [0.3, 0.4) is 0 Å². The quantitative estimate of drug-likeness (QED) is 0.0635. The van der Waals surface area contributed by atoms with Gasteiger partial charge in [-0.25, -0.2) is 4.68 Å². The van der Waals surface area contributed by atoms with Crippen LogP contribution in [-0.4, -0.2) is 132 Å². The smallest absolute Gasteiger partial charge is 0.226 e. The van der Waals surface area contributed by atoms with Crippen molar-refractivity contribution in [3.63, 3.8) is 0 Å². The van der Waals surface area contributed by atoms with Gasteiger partial charge in [0, 0.05) is 25.4 Å². The van der Waals surface area contributed by atoms with Crippen LogP contribution in [-0.2, 0) is 28.4 Å². The van der Waals surface area contributed by atoms with Crippen LogP contribution in [0.15, 0.2) is 30.5 Å². The minimum atomic E-state index is -2.16. The third kappa shape index (κ3) is 10.4. The first-order chi connectivity index (χ1) is 23.4. The summed E-state index contributed by atoms with van der Waals surface area (Å²) in [6.45, 7) is 5.65. The number of hydrogen-bond donors (Lipinski definition) is 3. The predicted molar refractivity (Wildman–Crippen MR) is 176 cm³/mol. The molecular formula is C31H41ClN5O10P. The zero-order valence-electron chi connectivity index (χ0n) is 26.4. The maximum atomic E-state index is 10.7. The number of ether oxygens (including phenoxy) is 7. The third-order valence-corrected chi connectivity index (χ3v) is 8.24. The number of aliphatic hydroxyl groups excluding tert-OH is 1. The molecule has 2 fully saturated rings. The summed E-state index contributed by atoms with van der Waals surface area (Å²) in [5.74, 6) is 4.14. The lowest BCUT2D eigenvalue weighted by Crippen LogP contribution is -2.45. The Balaban J connectivity index is 1.01. The van der Waals surface area contributed by atoms with Gasteiger partial charge in [-0.2, -0.15) is 15.1 Å². The molecule has 2 aliphatic rings. The lowest BCUT2D eigenvalue weighted by atomic mass is 9.91. The Morgan fingerprint density at radius 2 is 1.60 bits per heavy atom. The minimum Gasteiger partial charge on any atom is -0.491 e. The summed E-state index contributed by atoms with van der Waals surface area (Å²) in [5.41, 5.74) is 1.64. The summed E-state index contributed by atoms with van der Waals surface area (Å²) in [6.07, 6.45) is 4.79. The Bertz CT molecular complexity index is 1460. The number of aliphatic hydroxyl groups is 1. The fourth-order valence-corrected chi connectivity index (χ4v) is 5.77. The molecule has 4 heterocycles. The van der Waals surface area contributed by atoms with Crippen LogP contribution in [0.5, 0.6) is 5.75 Å². The topological polar surface area (TPSA) is 172 Å². The van der Waals surface area contributed by atoms with E-state index in [1.165, 1.54) is 10.2 Å². The average Bonchev–Trinajstić information content (AvgIpc) is 3.63. The van der Waals surface area contributed by atoms with Crippen LogP contribution in [0.2, 0.25) is 5.28 Å². The van der Waals surface area contributed by atoms with E-state index in [1.807, 2.05) is 12.1 Å². The van der Waals surface area contributed by atoms with Gasteiger partial charge in [0.25, 0.3) is 0 Å². The Morgan fingerprint density at radius 3 is 2.27 bits per heavy atom. The van der Waals surface area contributed by atoms with Gasteiger partial charge in [0.05, 0.1) is 70.5 Å². The summed E-state index contributed by atoms with van der Waals surface area (Å²) in [5, 5.41) is 15.9. The Morgan fingerprint density at radius 1 is 0.938 bits per heavy atom. The van der Waals surface area contributed by atoms with E-state index in [4.69, 9.17) is 61.0 Å². The molecule has 3 atom stereocenters. The molecule has 17 heteroatoms. The predicted octanol–water partition coefficient (Wildman–Crippen LogP) is 2.08. The molecule has 3 unspecified atom stereocenters. The van der Waals surface area contributed by atoms with Gasteiger partial charge in [-0.05, 0) is 29.3 Å². The van der Waals surface area contributed by atoms with Crippen LogP contribution >= 0.6 is 20.0 Å². The van der Waals surface area contributed by atoms with Gasteiger partial charge in [-0.3, -0.25) is 0 Å². The van der Waals surface area contributed by atoms with Crippen molar-refractivity contribution >= 4 is 36.8 Å². The highest BCUT2D eigenvalue weighted by molar-refractivity contribution is 7.44. The summed E-state index contributed by atoms with van der Waals surface area (Å²) in [6, 6.07) is 8.05. The molecule has 0 bridgehead atoms. The van der Waals surface area contributed by atoms with Crippen molar-refractivity contribution in [1.82, 2.24) is 19.7 Å². The molecule has 15 nitrogen and oxygen atoms in total. The molecular weight excluding hydrogens is 669 g/mol. The van der Waals surface area contributed by atoms with Gasteiger partial charge in [0.15, 0.2) is 20.3 Å². The van der Waals surface area contributed by atoms with Crippen LogP contribution in [0, 0.1) is 12.3 Å². The molecule has 2 saturated heterocycles. The number of fused-ring (bicyclic) bond motifs is 1. The number of aromatic nitrogens is 4. The summed E-state index contributed by atoms with van der Waals surface area (Å²) in [4.78, 5) is 29.1. The Labute approximate surface area is 284 Å².